The Balaban J connectivity index is 2.14. The zero-order chi connectivity index (χ0) is 14.0. The van der Waals surface area contributed by atoms with E-state index in [4.69, 9.17) is 25.8 Å². The molecular formula is C12H15ClN2O4. The van der Waals surface area contributed by atoms with E-state index in [1.54, 1.807) is 26.8 Å². The number of rotatable bonds is 1. The molecule has 1 amide bonds. The summed E-state index contributed by atoms with van der Waals surface area (Å²) in [5.41, 5.74) is -0.266. The minimum atomic E-state index is -0.604. The molecule has 7 heteroatoms. The molecule has 0 fully saturated rings. The highest BCUT2D eigenvalue weighted by atomic mass is 35.5. The molecule has 1 aromatic rings. The van der Waals surface area contributed by atoms with Gasteiger partial charge in [-0.05, 0) is 20.8 Å². The Labute approximate surface area is 116 Å². The molecule has 104 valence electrons. The van der Waals surface area contributed by atoms with Crippen LogP contribution in [0.5, 0.6) is 11.6 Å². The number of hydrogen-bond acceptors (Lipinski definition) is 5. The van der Waals surface area contributed by atoms with Crippen molar-refractivity contribution in [1.29, 1.82) is 0 Å². The van der Waals surface area contributed by atoms with E-state index in [0.29, 0.717) is 30.5 Å². The Morgan fingerprint density at radius 1 is 1.42 bits per heavy atom. The van der Waals surface area contributed by atoms with Crippen molar-refractivity contribution < 1.29 is 19.0 Å². The van der Waals surface area contributed by atoms with Crippen LogP contribution >= 0.6 is 11.6 Å². The predicted octanol–water partition coefficient (Wildman–Crippen LogP) is 2.85. The summed E-state index contributed by atoms with van der Waals surface area (Å²) in [7, 11) is 0. The summed E-state index contributed by atoms with van der Waals surface area (Å²) in [6.07, 6.45) is -0.604. The van der Waals surface area contributed by atoms with Crippen molar-refractivity contribution in [3.8, 4) is 11.6 Å². The number of nitrogens with zero attached hydrogens (tertiary/aromatic N) is 1. The number of carbonyl (C=O) groups is 1. The summed E-state index contributed by atoms with van der Waals surface area (Å²) in [5.74, 6) is 0.771. The molecule has 0 spiro atoms. The molecule has 1 N–H and O–H groups in total. The first-order valence-corrected chi connectivity index (χ1v) is 6.19. The Morgan fingerprint density at radius 2 is 2.11 bits per heavy atom. The Morgan fingerprint density at radius 3 is 2.79 bits per heavy atom. The van der Waals surface area contributed by atoms with Crippen molar-refractivity contribution in [3.05, 3.63) is 11.2 Å². The van der Waals surface area contributed by atoms with E-state index in [9.17, 15) is 4.79 Å². The van der Waals surface area contributed by atoms with E-state index in [1.165, 1.54) is 0 Å². The maximum absolute atomic E-state index is 11.7. The summed E-state index contributed by atoms with van der Waals surface area (Å²) < 4.78 is 15.8. The lowest BCUT2D eigenvalue weighted by Crippen LogP contribution is -2.27. The molecule has 1 aliphatic rings. The van der Waals surface area contributed by atoms with E-state index in [-0.39, 0.29) is 5.15 Å². The molecule has 2 heterocycles. The smallest absolute Gasteiger partial charge is 0.412 e. The molecule has 0 unspecified atom stereocenters. The number of hydrogen-bond donors (Lipinski definition) is 1. The molecule has 0 radical (unpaired) electrons. The fourth-order valence-corrected chi connectivity index (χ4v) is 1.63. The largest absolute Gasteiger partial charge is 0.484 e. The van der Waals surface area contributed by atoms with E-state index in [2.05, 4.69) is 10.3 Å². The Hall–Kier alpha value is -1.69. The van der Waals surface area contributed by atoms with Gasteiger partial charge >= 0.3 is 6.09 Å². The number of carbonyl (C=O) groups excluding carboxylic acids is 1. The van der Waals surface area contributed by atoms with Crippen LogP contribution < -0.4 is 14.8 Å². The van der Waals surface area contributed by atoms with Crippen LogP contribution in [0.1, 0.15) is 20.8 Å². The molecule has 0 aliphatic carbocycles. The summed E-state index contributed by atoms with van der Waals surface area (Å²) in [6.45, 7) is 6.18. The number of amides is 1. The third kappa shape index (κ3) is 3.64. The second-order valence-corrected chi connectivity index (χ2v) is 5.31. The number of fused-ring (bicyclic) bond motifs is 1. The number of anilines is 1. The van der Waals surface area contributed by atoms with Crippen LogP contribution in [0.2, 0.25) is 5.15 Å². The van der Waals surface area contributed by atoms with Gasteiger partial charge in [0.2, 0.25) is 0 Å². The number of aromatic nitrogens is 1. The van der Waals surface area contributed by atoms with Gasteiger partial charge < -0.3 is 14.2 Å². The van der Waals surface area contributed by atoms with E-state index < -0.39 is 11.7 Å². The van der Waals surface area contributed by atoms with Gasteiger partial charge in [-0.3, -0.25) is 5.32 Å². The average molecular weight is 287 g/mol. The highest BCUT2D eigenvalue weighted by Gasteiger charge is 2.20. The molecule has 0 aromatic carbocycles. The minimum absolute atomic E-state index is 0.120. The normalized spacial score (nSPS) is 13.9. The van der Waals surface area contributed by atoms with Crippen molar-refractivity contribution in [2.45, 2.75) is 26.4 Å². The van der Waals surface area contributed by atoms with Gasteiger partial charge in [-0.15, -0.1) is 0 Å². The van der Waals surface area contributed by atoms with Gasteiger partial charge in [0.05, 0.1) is 5.69 Å². The van der Waals surface area contributed by atoms with Crippen molar-refractivity contribution in [3.63, 3.8) is 0 Å². The SMILES string of the molecule is CC(C)(C)OC(=O)Nc1cc2c(nc1Cl)OCCO2. The van der Waals surface area contributed by atoms with Gasteiger partial charge in [-0.1, -0.05) is 11.6 Å². The van der Waals surface area contributed by atoms with E-state index >= 15 is 0 Å². The maximum atomic E-state index is 11.7. The molecule has 6 nitrogen and oxygen atoms in total. The Bertz CT molecular complexity index is 499. The van der Waals surface area contributed by atoms with Crippen LogP contribution in [0, 0.1) is 0 Å². The number of nitrogens with one attached hydrogen (secondary N) is 1. The summed E-state index contributed by atoms with van der Waals surface area (Å²) >= 11 is 5.96. The second-order valence-electron chi connectivity index (χ2n) is 4.95. The first kappa shape index (κ1) is 13.7. The molecule has 0 saturated heterocycles. The van der Waals surface area contributed by atoms with Crippen LogP contribution in [0.15, 0.2) is 6.07 Å². The highest BCUT2D eigenvalue weighted by Crippen LogP contribution is 2.34. The van der Waals surface area contributed by atoms with Crippen molar-refractivity contribution in [1.82, 2.24) is 4.98 Å². The van der Waals surface area contributed by atoms with Gasteiger partial charge in [-0.2, -0.15) is 4.98 Å². The van der Waals surface area contributed by atoms with Gasteiger partial charge in [0, 0.05) is 6.07 Å². The fourth-order valence-electron chi connectivity index (χ4n) is 1.45. The maximum Gasteiger partial charge on any atom is 0.412 e. The lowest BCUT2D eigenvalue weighted by molar-refractivity contribution is 0.0635. The fraction of sp³-hybridized carbons (Fsp3) is 0.500. The van der Waals surface area contributed by atoms with Gasteiger partial charge in [-0.25, -0.2) is 4.79 Å². The molecule has 1 aliphatic heterocycles. The first-order valence-electron chi connectivity index (χ1n) is 5.81. The summed E-state index contributed by atoms with van der Waals surface area (Å²) in [4.78, 5) is 15.7. The van der Waals surface area contributed by atoms with Crippen LogP contribution in [0.3, 0.4) is 0 Å². The molecule has 19 heavy (non-hydrogen) atoms. The summed E-state index contributed by atoms with van der Waals surface area (Å²) in [5, 5.41) is 2.65. The topological polar surface area (TPSA) is 69.7 Å². The molecule has 1 aromatic heterocycles. The Kier molecular flexibility index (Phi) is 3.71. The van der Waals surface area contributed by atoms with Crippen LogP contribution in [0.4, 0.5) is 10.5 Å². The first-order chi connectivity index (χ1) is 8.85. The lowest BCUT2D eigenvalue weighted by atomic mass is 10.2. The number of halogens is 1. The van der Waals surface area contributed by atoms with E-state index in [0.717, 1.165) is 0 Å². The molecule has 2 rings (SSSR count). The van der Waals surface area contributed by atoms with Crippen molar-refractivity contribution >= 4 is 23.4 Å². The van der Waals surface area contributed by atoms with Crippen molar-refractivity contribution in [2.75, 3.05) is 18.5 Å². The second kappa shape index (κ2) is 5.13. The third-order valence-corrected chi connectivity index (χ3v) is 2.41. The minimum Gasteiger partial charge on any atom is -0.484 e. The lowest BCUT2D eigenvalue weighted by Gasteiger charge is -2.21. The molecule has 0 atom stereocenters. The summed E-state index contributed by atoms with van der Waals surface area (Å²) in [6, 6.07) is 1.56. The monoisotopic (exact) mass is 286 g/mol. The molecule has 0 bridgehead atoms. The van der Waals surface area contributed by atoms with Crippen LogP contribution in [-0.4, -0.2) is 29.9 Å². The third-order valence-electron chi connectivity index (χ3n) is 2.12. The highest BCUT2D eigenvalue weighted by molar-refractivity contribution is 6.32. The van der Waals surface area contributed by atoms with E-state index in [1.807, 2.05) is 0 Å². The molecule has 0 saturated carbocycles. The van der Waals surface area contributed by atoms with Crippen molar-refractivity contribution in [2.24, 2.45) is 0 Å². The quantitative estimate of drug-likeness (QED) is 0.804. The number of ether oxygens (including phenoxy) is 3. The standard InChI is InChI=1S/C12H15ClN2O4/c1-12(2,3)19-11(16)14-7-6-8-10(15-9(7)13)18-5-4-17-8/h6H,4-5H2,1-3H3,(H,14,16). The zero-order valence-corrected chi connectivity index (χ0v) is 11.7. The zero-order valence-electron chi connectivity index (χ0n) is 10.9. The van der Waals surface area contributed by atoms with Crippen LogP contribution in [-0.2, 0) is 4.74 Å². The molecular weight excluding hydrogens is 272 g/mol. The average Bonchev–Trinajstić information content (AvgIpc) is 2.27. The van der Waals surface area contributed by atoms with Gasteiger partial charge in [0.15, 0.2) is 10.9 Å². The number of pyridine rings is 1. The van der Waals surface area contributed by atoms with Crippen LogP contribution in [0.25, 0.3) is 0 Å². The van der Waals surface area contributed by atoms with Gasteiger partial charge in [0.25, 0.3) is 5.88 Å². The van der Waals surface area contributed by atoms with Gasteiger partial charge in [0.1, 0.15) is 18.8 Å². The predicted molar refractivity (Wildman–Crippen MR) is 70.1 cm³/mol.